The minimum Gasteiger partial charge on any atom is -0.480 e. The van der Waals surface area contributed by atoms with Crippen LogP contribution in [0.3, 0.4) is 0 Å². The van der Waals surface area contributed by atoms with Crippen LogP contribution in [0.15, 0.2) is 35.5 Å². The van der Waals surface area contributed by atoms with E-state index in [1.165, 1.54) is 18.0 Å². The number of benzene rings is 1. The molecule has 0 aliphatic carbocycles. The molecule has 2 N–H and O–H groups in total. The molecular formula is C11H10Cl2N2O2. The second-order valence-electron chi connectivity index (χ2n) is 3.90. The van der Waals surface area contributed by atoms with E-state index in [0.717, 1.165) is 5.69 Å². The normalized spacial score (nSPS) is 23.7. The van der Waals surface area contributed by atoms with Crippen molar-refractivity contribution in [3.05, 3.63) is 40.5 Å². The highest BCUT2D eigenvalue weighted by atomic mass is 35.5. The zero-order chi connectivity index (χ0) is 12.6. The lowest BCUT2D eigenvalue weighted by atomic mass is 10.1. The molecule has 0 bridgehead atoms. The van der Waals surface area contributed by atoms with Gasteiger partial charge in [0.25, 0.3) is 0 Å². The van der Waals surface area contributed by atoms with Gasteiger partial charge in [0.05, 0.1) is 5.69 Å². The van der Waals surface area contributed by atoms with Crippen molar-refractivity contribution in [2.75, 3.05) is 5.01 Å². The van der Waals surface area contributed by atoms with E-state index in [1.807, 2.05) is 0 Å². The molecule has 1 aromatic rings. The summed E-state index contributed by atoms with van der Waals surface area (Å²) in [6.45, 7) is 1.54. The number of hydrogen-bond acceptors (Lipinski definition) is 3. The Hall–Kier alpha value is -1.23. The van der Waals surface area contributed by atoms with Gasteiger partial charge >= 0.3 is 5.97 Å². The quantitative estimate of drug-likeness (QED) is 0.813. The number of carboxylic acid groups (broad SMARTS) is 1. The molecule has 1 unspecified atom stereocenters. The van der Waals surface area contributed by atoms with Crippen molar-refractivity contribution in [2.24, 2.45) is 0 Å². The predicted octanol–water partition coefficient (Wildman–Crippen LogP) is 2.59. The molecule has 0 aromatic heterocycles. The van der Waals surface area contributed by atoms with Crippen molar-refractivity contribution in [3.8, 4) is 0 Å². The summed E-state index contributed by atoms with van der Waals surface area (Å²) in [4.78, 5) is 11.1. The average molecular weight is 273 g/mol. The van der Waals surface area contributed by atoms with Crippen molar-refractivity contribution in [1.29, 1.82) is 0 Å². The van der Waals surface area contributed by atoms with Crippen LogP contribution in [-0.4, -0.2) is 16.6 Å². The van der Waals surface area contributed by atoms with Crippen LogP contribution in [0.4, 0.5) is 5.69 Å². The molecule has 90 valence electrons. The topological polar surface area (TPSA) is 52.6 Å². The van der Waals surface area contributed by atoms with Gasteiger partial charge in [-0.2, -0.15) is 0 Å². The average Bonchev–Trinajstić information content (AvgIpc) is 2.57. The van der Waals surface area contributed by atoms with Gasteiger partial charge in [0, 0.05) is 5.02 Å². The van der Waals surface area contributed by atoms with Crippen LogP contribution in [0.1, 0.15) is 6.92 Å². The maximum Gasteiger partial charge on any atom is 0.329 e. The van der Waals surface area contributed by atoms with Crippen LogP contribution in [0.5, 0.6) is 0 Å². The van der Waals surface area contributed by atoms with Crippen molar-refractivity contribution < 1.29 is 9.90 Å². The molecule has 2 rings (SSSR count). The van der Waals surface area contributed by atoms with Crippen LogP contribution in [-0.2, 0) is 4.79 Å². The summed E-state index contributed by atoms with van der Waals surface area (Å²) in [5, 5.41) is 11.5. The lowest BCUT2D eigenvalue weighted by molar-refractivity contribution is -0.141. The van der Waals surface area contributed by atoms with Gasteiger partial charge in [0.15, 0.2) is 5.54 Å². The van der Waals surface area contributed by atoms with E-state index in [-0.39, 0.29) is 0 Å². The highest BCUT2D eigenvalue weighted by Crippen LogP contribution is 2.29. The minimum atomic E-state index is -1.20. The van der Waals surface area contributed by atoms with E-state index >= 15 is 0 Å². The Morgan fingerprint density at radius 1 is 1.35 bits per heavy atom. The van der Waals surface area contributed by atoms with Crippen LogP contribution in [0.25, 0.3) is 0 Å². The van der Waals surface area contributed by atoms with Gasteiger partial charge in [-0.15, -0.1) is 0 Å². The minimum absolute atomic E-state index is 0.317. The molecule has 0 amide bonds. The molecule has 0 spiro atoms. The SMILES string of the molecule is CC1(C(=O)O)C=C(Cl)N(c2ccc(Cl)cc2)N1. The number of anilines is 1. The molecule has 4 nitrogen and oxygen atoms in total. The monoisotopic (exact) mass is 272 g/mol. The zero-order valence-corrected chi connectivity index (χ0v) is 10.5. The number of nitrogens with one attached hydrogen (secondary N) is 1. The second-order valence-corrected chi connectivity index (χ2v) is 4.72. The number of carboxylic acids is 1. The summed E-state index contributed by atoms with van der Waals surface area (Å²) < 4.78 is 0. The molecule has 1 aromatic carbocycles. The van der Waals surface area contributed by atoms with Crippen molar-refractivity contribution >= 4 is 34.9 Å². The standard InChI is InChI=1S/C11H10Cl2N2O2/c1-11(10(16)17)6-9(13)15(14-11)8-4-2-7(12)3-5-8/h2-6,14H,1H3,(H,16,17). The van der Waals surface area contributed by atoms with Crippen LogP contribution >= 0.6 is 23.2 Å². The third-order valence-electron chi connectivity index (χ3n) is 2.49. The van der Waals surface area contributed by atoms with Crippen LogP contribution in [0.2, 0.25) is 5.02 Å². The van der Waals surface area contributed by atoms with Gasteiger partial charge in [-0.1, -0.05) is 23.2 Å². The number of halogens is 2. The Morgan fingerprint density at radius 2 is 1.94 bits per heavy atom. The number of aliphatic carboxylic acids is 1. The van der Waals surface area contributed by atoms with Gasteiger partial charge in [0.2, 0.25) is 0 Å². The zero-order valence-electron chi connectivity index (χ0n) is 8.95. The molecule has 1 atom stereocenters. The fourth-order valence-electron chi connectivity index (χ4n) is 1.51. The lowest BCUT2D eigenvalue weighted by Crippen LogP contribution is -2.50. The summed E-state index contributed by atoms with van der Waals surface area (Å²) >= 11 is 11.8. The maximum atomic E-state index is 11.1. The first kappa shape index (κ1) is 12.2. The summed E-state index contributed by atoms with van der Waals surface area (Å²) in [6, 6.07) is 6.91. The first-order valence-electron chi connectivity index (χ1n) is 4.88. The lowest BCUT2D eigenvalue weighted by Gasteiger charge is -2.24. The van der Waals surface area contributed by atoms with Crippen molar-refractivity contribution in [3.63, 3.8) is 0 Å². The number of rotatable bonds is 2. The highest BCUT2D eigenvalue weighted by molar-refractivity contribution is 6.32. The van der Waals surface area contributed by atoms with E-state index < -0.39 is 11.5 Å². The first-order valence-corrected chi connectivity index (χ1v) is 5.63. The number of hydrazine groups is 1. The third kappa shape index (κ3) is 2.24. The van der Waals surface area contributed by atoms with Crippen molar-refractivity contribution in [2.45, 2.75) is 12.5 Å². The molecule has 1 heterocycles. The Kier molecular flexibility index (Phi) is 3.03. The molecule has 0 saturated carbocycles. The van der Waals surface area contributed by atoms with E-state index in [1.54, 1.807) is 24.3 Å². The Bertz CT molecular complexity index is 487. The van der Waals surface area contributed by atoms with E-state index in [4.69, 9.17) is 28.3 Å². The van der Waals surface area contributed by atoms with Gasteiger partial charge in [-0.25, -0.2) is 10.2 Å². The van der Waals surface area contributed by atoms with E-state index in [9.17, 15) is 4.79 Å². The smallest absolute Gasteiger partial charge is 0.329 e. The number of carbonyl (C=O) groups is 1. The Balaban J connectivity index is 2.29. The van der Waals surface area contributed by atoms with E-state index in [0.29, 0.717) is 10.2 Å². The van der Waals surface area contributed by atoms with E-state index in [2.05, 4.69) is 5.43 Å². The number of nitrogens with zero attached hydrogens (tertiary/aromatic N) is 1. The molecule has 0 radical (unpaired) electrons. The fraction of sp³-hybridized carbons (Fsp3) is 0.182. The third-order valence-corrected chi connectivity index (χ3v) is 3.02. The van der Waals surface area contributed by atoms with Crippen molar-refractivity contribution in [1.82, 2.24) is 5.43 Å². The second kappa shape index (κ2) is 4.22. The Morgan fingerprint density at radius 3 is 2.41 bits per heavy atom. The summed E-state index contributed by atoms with van der Waals surface area (Å²) in [7, 11) is 0. The molecular weight excluding hydrogens is 263 g/mol. The highest BCUT2D eigenvalue weighted by Gasteiger charge is 2.39. The predicted molar refractivity (Wildman–Crippen MR) is 67.0 cm³/mol. The summed E-state index contributed by atoms with van der Waals surface area (Å²) in [5.41, 5.74) is 2.34. The molecule has 1 aliphatic rings. The van der Waals surface area contributed by atoms with Crippen LogP contribution in [0, 0.1) is 0 Å². The van der Waals surface area contributed by atoms with Gasteiger partial charge in [-0.3, -0.25) is 5.01 Å². The molecule has 0 saturated heterocycles. The van der Waals surface area contributed by atoms with Gasteiger partial charge < -0.3 is 5.11 Å². The molecule has 0 fully saturated rings. The molecule has 1 aliphatic heterocycles. The Labute approximate surface area is 108 Å². The van der Waals surface area contributed by atoms with Crippen LogP contribution < -0.4 is 10.4 Å². The molecule has 17 heavy (non-hydrogen) atoms. The first-order chi connectivity index (χ1) is 7.92. The number of hydrogen-bond donors (Lipinski definition) is 2. The fourth-order valence-corrected chi connectivity index (χ4v) is 1.99. The summed E-state index contributed by atoms with van der Waals surface area (Å²) in [5.74, 6) is -0.993. The maximum absolute atomic E-state index is 11.1. The molecule has 6 heteroatoms. The summed E-state index contributed by atoms with van der Waals surface area (Å²) in [6.07, 6.45) is 1.45. The van der Waals surface area contributed by atoms with Gasteiger partial charge in [-0.05, 0) is 37.3 Å². The largest absolute Gasteiger partial charge is 0.480 e. The van der Waals surface area contributed by atoms with Gasteiger partial charge in [0.1, 0.15) is 5.16 Å².